The molecule has 1 heteroatoms. The van der Waals surface area contributed by atoms with Crippen LogP contribution in [0, 0.1) is 11.8 Å². The van der Waals surface area contributed by atoms with Crippen LogP contribution in [-0.2, 0) is 0 Å². The Morgan fingerprint density at radius 1 is 0.650 bits per heavy atom. The molecule has 0 fully saturated rings. The first-order chi connectivity index (χ1) is 9.92. The van der Waals surface area contributed by atoms with Gasteiger partial charge in [0.2, 0.25) is 0 Å². The summed E-state index contributed by atoms with van der Waals surface area (Å²) in [6.45, 7) is 0. The van der Waals surface area contributed by atoms with Crippen molar-refractivity contribution in [1.82, 2.24) is 4.98 Å². The van der Waals surface area contributed by atoms with Crippen LogP contribution in [0.25, 0.3) is 11.3 Å². The van der Waals surface area contributed by atoms with Crippen LogP contribution in [0.3, 0.4) is 0 Å². The Bertz CT molecular complexity index is 750. The Kier molecular flexibility index (Phi) is 3.57. The second-order valence-electron chi connectivity index (χ2n) is 4.41. The molecule has 0 saturated heterocycles. The van der Waals surface area contributed by atoms with Gasteiger partial charge >= 0.3 is 0 Å². The predicted molar refractivity (Wildman–Crippen MR) is 82.1 cm³/mol. The Morgan fingerprint density at radius 3 is 2.20 bits per heavy atom. The van der Waals surface area contributed by atoms with Crippen molar-refractivity contribution in [3.63, 3.8) is 0 Å². The number of hydrogen-bond donors (Lipinski definition) is 0. The van der Waals surface area contributed by atoms with E-state index in [0.717, 1.165) is 22.4 Å². The maximum absolute atomic E-state index is 4.36. The van der Waals surface area contributed by atoms with Crippen molar-refractivity contribution < 1.29 is 0 Å². The van der Waals surface area contributed by atoms with Crippen LogP contribution in [0.5, 0.6) is 0 Å². The lowest BCUT2D eigenvalue weighted by Gasteiger charge is -2.00. The van der Waals surface area contributed by atoms with E-state index in [1.165, 1.54) is 0 Å². The van der Waals surface area contributed by atoms with E-state index in [9.17, 15) is 0 Å². The van der Waals surface area contributed by atoms with E-state index < -0.39 is 0 Å². The third kappa shape index (κ3) is 2.93. The van der Waals surface area contributed by atoms with Crippen LogP contribution < -0.4 is 0 Å². The maximum atomic E-state index is 4.36. The SMILES string of the molecule is C(#Cc1cccc(-c2ccccn2)c1)c1ccccc1. The second kappa shape index (κ2) is 5.86. The normalized spacial score (nSPS) is 9.60. The van der Waals surface area contributed by atoms with Gasteiger partial charge in [0.15, 0.2) is 0 Å². The van der Waals surface area contributed by atoms with Crippen molar-refractivity contribution in [2.45, 2.75) is 0 Å². The van der Waals surface area contributed by atoms with Crippen LogP contribution >= 0.6 is 0 Å². The summed E-state index contributed by atoms with van der Waals surface area (Å²) in [5.41, 5.74) is 4.08. The third-order valence-corrected chi connectivity index (χ3v) is 2.95. The van der Waals surface area contributed by atoms with Gasteiger partial charge in [-0.1, -0.05) is 48.2 Å². The highest BCUT2D eigenvalue weighted by Gasteiger charge is 1.98. The fourth-order valence-electron chi connectivity index (χ4n) is 1.96. The van der Waals surface area contributed by atoms with Gasteiger partial charge in [-0.3, -0.25) is 4.98 Å². The van der Waals surface area contributed by atoms with Gasteiger partial charge in [0.05, 0.1) is 5.69 Å². The number of rotatable bonds is 1. The summed E-state index contributed by atoms with van der Waals surface area (Å²) in [7, 11) is 0. The molecule has 3 rings (SSSR count). The Hall–Kier alpha value is -2.85. The van der Waals surface area contributed by atoms with Crippen molar-refractivity contribution in [1.29, 1.82) is 0 Å². The minimum Gasteiger partial charge on any atom is -0.256 e. The van der Waals surface area contributed by atoms with E-state index in [4.69, 9.17) is 0 Å². The zero-order valence-electron chi connectivity index (χ0n) is 11.0. The monoisotopic (exact) mass is 255 g/mol. The number of nitrogens with zero attached hydrogens (tertiary/aromatic N) is 1. The fourth-order valence-corrected chi connectivity index (χ4v) is 1.96. The van der Waals surface area contributed by atoms with Crippen LogP contribution in [0.4, 0.5) is 0 Å². The van der Waals surface area contributed by atoms with E-state index in [2.05, 4.69) is 29.0 Å². The van der Waals surface area contributed by atoms with Gasteiger partial charge < -0.3 is 0 Å². The minimum atomic E-state index is 0.968. The minimum absolute atomic E-state index is 0.968. The third-order valence-electron chi connectivity index (χ3n) is 2.95. The van der Waals surface area contributed by atoms with E-state index in [-0.39, 0.29) is 0 Å². The average molecular weight is 255 g/mol. The highest BCUT2D eigenvalue weighted by molar-refractivity contribution is 5.61. The molecule has 1 aromatic heterocycles. The molecule has 0 atom stereocenters. The van der Waals surface area contributed by atoms with Crippen molar-refractivity contribution in [3.8, 4) is 23.1 Å². The molecule has 94 valence electrons. The molecule has 3 aromatic rings. The molecule has 0 radical (unpaired) electrons. The molecule has 0 spiro atoms. The average Bonchev–Trinajstić information content (AvgIpc) is 2.55. The van der Waals surface area contributed by atoms with Gasteiger partial charge in [-0.25, -0.2) is 0 Å². The van der Waals surface area contributed by atoms with Crippen molar-refractivity contribution in [2.24, 2.45) is 0 Å². The van der Waals surface area contributed by atoms with Crippen LogP contribution in [0.2, 0.25) is 0 Å². The molecule has 1 nitrogen and oxygen atoms in total. The molecule has 20 heavy (non-hydrogen) atoms. The lowest BCUT2D eigenvalue weighted by atomic mass is 10.1. The molecular formula is C19H13N. The zero-order valence-corrected chi connectivity index (χ0v) is 11.0. The molecule has 0 amide bonds. The summed E-state index contributed by atoms with van der Waals surface area (Å²) in [6.07, 6.45) is 1.80. The lowest BCUT2D eigenvalue weighted by molar-refractivity contribution is 1.32. The molecule has 0 saturated carbocycles. The Balaban J connectivity index is 1.91. The molecule has 1 heterocycles. The van der Waals surface area contributed by atoms with Gasteiger partial charge in [0.25, 0.3) is 0 Å². The number of pyridine rings is 1. The number of hydrogen-bond acceptors (Lipinski definition) is 1. The molecule has 0 aliphatic heterocycles. The second-order valence-corrected chi connectivity index (χ2v) is 4.41. The molecule has 0 unspecified atom stereocenters. The van der Waals surface area contributed by atoms with Crippen molar-refractivity contribution in [3.05, 3.63) is 90.1 Å². The molecule has 0 aliphatic rings. The molecule has 0 bridgehead atoms. The summed E-state index contributed by atoms with van der Waals surface area (Å²) in [6, 6.07) is 24.1. The summed E-state index contributed by atoms with van der Waals surface area (Å²) < 4.78 is 0. The van der Waals surface area contributed by atoms with E-state index in [1.54, 1.807) is 6.20 Å². The summed E-state index contributed by atoms with van der Waals surface area (Å²) in [4.78, 5) is 4.36. The quantitative estimate of drug-likeness (QED) is 0.595. The summed E-state index contributed by atoms with van der Waals surface area (Å²) in [5.74, 6) is 6.36. The Labute approximate surface area is 118 Å². The first-order valence-electron chi connectivity index (χ1n) is 6.50. The zero-order chi connectivity index (χ0) is 13.6. The van der Waals surface area contributed by atoms with Gasteiger partial charge in [-0.2, -0.15) is 0 Å². The van der Waals surface area contributed by atoms with Crippen molar-refractivity contribution in [2.75, 3.05) is 0 Å². The molecular weight excluding hydrogens is 242 g/mol. The maximum Gasteiger partial charge on any atom is 0.0702 e. The lowest BCUT2D eigenvalue weighted by Crippen LogP contribution is -1.83. The highest BCUT2D eigenvalue weighted by Crippen LogP contribution is 2.17. The van der Waals surface area contributed by atoms with E-state index in [1.807, 2.05) is 60.7 Å². The van der Waals surface area contributed by atoms with E-state index >= 15 is 0 Å². The molecule has 2 aromatic carbocycles. The van der Waals surface area contributed by atoms with Gasteiger partial charge in [-0.15, -0.1) is 0 Å². The first-order valence-corrected chi connectivity index (χ1v) is 6.50. The van der Waals surface area contributed by atoms with Crippen molar-refractivity contribution >= 4 is 0 Å². The smallest absolute Gasteiger partial charge is 0.0702 e. The van der Waals surface area contributed by atoms with E-state index in [0.29, 0.717) is 0 Å². The fraction of sp³-hybridized carbons (Fsp3) is 0. The standard InChI is InChI=1S/C19H13N/c1-2-7-16(8-3-1)12-13-17-9-6-10-18(15-17)19-11-4-5-14-20-19/h1-11,14-15H. The predicted octanol–water partition coefficient (Wildman–Crippen LogP) is 4.15. The van der Waals surface area contributed by atoms with Crippen LogP contribution in [0.15, 0.2) is 79.0 Å². The van der Waals surface area contributed by atoms with Crippen LogP contribution in [-0.4, -0.2) is 4.98 Å². The summed E-state index contributed by atoms with van der Waals surface area (Å²) in [5, 5.41) is 0. The molecule has 0 aliphatic carbocycles. The van der Waals surface area contributed by atoms with Gasteiger partial charge in [0, 0.05) is 22.9 Å². The highest BCUT2D eigenvalue weighted by atomic mass is 14.7. The van der Waals surface area contributed by atoms with Gasteiger partial charge in [-0.05, 0) is 36.4 Å². The molecule has 0 N–H and O–H groups in total. The Morgan fingerprint density at radius 2 is 1.40 bits per heavy atom. The summed E-state index contributed by atoms with van der Waals surface area (Å²) >= 11 is 0. The van der Waals surface area contributed by atoms with Crippen LogP contribution in [0.1, 0.15) is 11.1 Å². The number of benzene rings is 2. The van der Waals surface area contributed by atoms with Gasteiger partial charge in [0.1, 0.15) is 0 Å². The topological polar surface area (TPSA) is 12.9 Å². The largest absolute Gasteiger partial charge is 0.256 e. The first kappa shape index (κ1) is 12.2. The number of aromatic nitrogens is 1.